The van der Waals surface area contributed by atoms with Crippen molar-refractivity contribution in [2.24, 2.45) is 5.73 Å². The third-order valence-corrected chi connectivity index (χ3v) is 3.22. The van der Waals surface area contributed by atoms with Crippen molar-refractivity contribution in [1.82, 2.24) is 4.90 Å². The third kappa shape index (κ3) is 3.21. The summed E-state index contributed by atoms with van der Waals surface area (Å²) in [7, 11) is 0. The first-order valence-corrected chi connectivity index (χ1v) is 6.29. The molecular weight excluding hydrogens is 228 g/mol. The second-order valence-electron chi connectivity index (χ2n) is 4.65. The molecule has 1 aromatic carbocycles. The fraction of sp³-hybridized carbons (Fsp3) is 0.462. The number of rotatable bonds is 4. The van der Waals surface area contributed by atoms with Gasteiger partial charge < -0.3 is 16.8 Å². The van der Waals surface area contributed by atoms with Gasteiger partial charge in [-0.1, -0.05) is 6.07 Å². The fourth-order valence-electron chi connectivity index (χ4n) is 2.20. The van der Waals surface area contributed by atoms with Crippen LogP contribution in [0, 0.1) is 0 Å². The first kappa shape index (κ1) is 12.9. The van der Waals surface area contributed by atoms with Crippen molar-refractivity contribution >= 4 is 17.3 Å². The zero-order valence-corrected chi connectivity index (χ0v) is 10.5. The average Bonchev–Trinajstić information content (AvgIpc) is 2.82. The van der Waals surface area contributed by atoms with Gasteiger partial charge in [-0.25, -0.2) is 0 Å². The molecule has 1 saturated heterocycles. The normalized spacial score (nSPS) is 15.8. The highest BCUT2D eigenvalue weighted by molar-refractivity contribution is 5.92. The summed E-state index contributed by atoms with van der Waals surface area (Å²) in [5.41, 5.74) is 13.6. The van der Waals surface area contributed by atoms with Gasteiger partial charge in [0.05, 0.1) is 6.54 Å². The highest BCUT2D eigenvalue weighted by Crippen LogP contribution is 2.17. The first-order chi connectivity index (χ1) is 8.69. The molecule has 1 amide bonds. The van der Waals surface area contributed by atoms with Crippen LogP contribution in [0.4, 0.5) is 11.4 Å². The molecule has 0 saturated carbocycles. The number of nitrogen functional groups attached to an aromatic ring is 1. The minimum Gasteiger partial charge on any atom is -0.398 e. The number of likely N-dealkylation sites (tertiary alicyclic amines) is 1. The molecule has 18 heavy (non-hydrogen) atoms. The molecule has 1 aliphatic rings. The molecule has 5 nitrogen and oxygen atoms in total. The predicted molar refractivity (Wildman–Crippen MR) is 73.0 cm³/mol. The van der Waals surface area contributed by atoms with Crippen LogP contribution in [0.3, 0.4) is 0 Å². The lowest BCUT2D eigenvalue weighted by Crippen LogP contribution is -2.30. The molecule has 2 rings (SSSR count). The van der Waals surface area contributed by atoms with Gasteiger partial charge in [-0.2, -0.15) is 0 Å². The van der Waals surface area contributed by atoms with Gasteiger partial charge in [-0.15, -0.1) is 0 Å². The van der Waals surface area contributed by atoms with Gasteiger partial charge >= 0.3 is 0 Å². The quantitative estimate of drug-likeness (QED) is 0.687. The smallest absolute Gasteiger partial charge is 0.238 e. The fourth-order valence-corrected chi connectivity index (χ4v) is 2.20. The summed E-state index contributed by atoms with van der Waals surface area (Å²) in [6.45, 7) is 2.90. The van der Waals surface area contributed by atoms with Gasteiger partial charge in [0.15, 0.2) is 0 Å². The van der Waals surface area contributed by atoms with Crippen molar-refractivity contribution in [1.29, 1.82) is 0 Å². The molecule has 0 aliphatic carbocycles. The molecular formula is C13H20N4O. The Morgan fingerprint density at radius 2 is 2.06 bits per heavy atom. The number of hydrogen-bond donors (Lipinski definition) is 3. The molecule has 0 radical (unpaired) electrons. The van der Waals surface area contributed by atoms with Crippen LogP contribution in [-0.4, -0.2) is 30.4 Å². The van der Waals surface area contributed by atoms with Crippen LogP contribution < -0.4 is 16.8 Å². The van der Waals surface area contributed by atoms with Gasteiger partial charge in [-0.05, 0) is 43.6 Å². The van der Waals surface area contributed by atoms with Gasteiger partial charge in [-0.3, -0.25) is 9.69 Å². The molecule has 5 heteroatoms. The Labute approximate surface area is 107 Å². The zero-order valence-electron chi connectivity index (χ0n) is 10.5. The van der Waals surface area contributed by atoms with Crippen molar-refractivity contribution in [3.63, 3.8) is 0 Å². The average molecular weight is 248 g/mol. The van der Waals surface area contributed by atoms with Gasteiger partial charge in [0.25, 0.3) is 0 Å². The number of carbonyl (C=O) groups is 1. The molecule has 1 aromatic rings. The molecule has 0 atom stereocenters. The molecule has 1 aliphatic heterocycles. The Morgan fingerprint density at radius 3 is 2.67 bits per heavy atom. The summed E-state index contributed by atoms with van der Waals surface area (Å²) >= 11 is 0. The van der Waals surface area contributed by atoms with E-state index in [2.05, 4.69) is 10.2 Å². The second-order valence-corrected chi connectivity index (χ2v) is 4.65. The van der Waals surface area contributed by atoms with Gasteiger partial charge in [0, 0.05) is 17.9 Å². The number of hydrogen-bond acceptors (Lipinski definition) is 4. The van der Waals surface area contributed by atoms with E-state index in [0.29, 0.717) is 18.8 Å². The maximum Gasteiger partial charge on any atom is 0.238 e. The van der Waals surface area contributed by atoms with Crippen molar-refractivity contribution in [2.45, 2.75) is 19.4 Å². The number of carbonyl (C=O) groups excluding carboxylic acids is 1. The van der Waals surface area contributed by atoms with Crippen molar-refractivity contribution in [3.05, 3.63) is 23.8 Å². The highest BCUT2D eigenvalue weighted by Gasteiger charge is 2.15. The summed E-state index contributed by atoms with van der Waals surface area (Å²) in [6, 6.07) is 5.44. The molecule has 98 valence electrons. The van der Waals surface area contributed by atoms with E-state index in [-0.39, 0.29) is 5.91 Å². The Kier molecular flexibility index (Phi) is 4.17. The molecule has 1 fully saturated rings. The van der Waals surface area contributed by atoms with E-state index in [9.17, 15) is 4.79 Å². The van der Waals surface area contributed by atoms with E-state index in [1.807, 2.05) is 12.1 Å². The monoisotopic (exact) mass is 248 g/mol. The number of nitrogens with zero attached hydrogens (tertiary/aromatic N) is 1. The van der Waals surface area contributed by atoms with Crippen molar-refractivity contribution < 1.29 is 4.79 Å². The van der Waals surface area contributed by atoms with Gasteiger partial charge in [0.2, 0.25) is 5.91 Å². The van der Waals surface area contributed by atoms with Crippen LogP contribution in [-0.2, 0) is 11.3 Å². The highest BCUT2D eigenvalue weighted by atomic mass is 16.2. The van der Waals surface area contributed by atoms with E-state index in [4.69, 9.17) is 11.5 Å². The molecule has 1 heterocycles. The Bertz CT molecular complexity index is 427. The molecule has 5 N–H and O–H groups in total. The molecule has 0 unspecified atom stereocenters. The van der Waals surface area contributed by atoms with Crippen LogP contribution in [0.5, 0.6) is 0 Å². The van der Waals surface area contributed by atoms with Crippen molar-refractivity contribution in [3.8, 4) is 0 Å². The summed E-state index contributed by atoms with van der Waals surface area (Å²) in [5.74, 6) is 0.0109. The maximum atomic E-state index is 11.8. The summed E-state index contributed by atoms with van der Waals surface area (Å²) in [6.07, 6.45) is 2.37. The lowest BCUT2D eigenvalue weighted by atomic mass is 10.1. The summed E-state index contributed by atoms with van der Waals surface area (Å²) in [5, 5.41) is 2.86. The topological polar surface area (TPSA) is 84.4 Å². The molecule has 0 spiro atoms. The molecule has 0 aromatic heterocycles. The zero-order chi connectivity index (χ0) is 13.0. The lowest BCUT2D eigenvalue weighted by molar-refractivity contribution is -0.117. The van der Waals surface area contributed by atoms with Gasteiger partial charge in [0.1, 0.15) is 0 Å². The second kappa shape index (κ2) is 5.84. The minimum absolute atomic E-state index is 0.0109. The Morgan fingerprint density at radius 1 is 1.33 bits per heavy atom. The van der Waals surface area contributed by atoms with E-state index < -0.39 is 0 Å². The van der Waals surface area contributed by atoms with Crippen LogP contribution in [0.25, 0.3) is 0 Å². The standard InChI is InChI=1S/C13H20N4O/c14-8-10-3-4-11(7-12(10)15)16-13(18)9-17-5-1-2-6-17/h3-4,7H,1-2,5-6,8-9,14-15H2,(H,16,18). The molecule has 0 bridgehead atoms. The number of nitrogens with one attached hydrogen (secondary N) is 1. The lowest BCUT2D eigenvalue weighted by Gasteiger charge is -2.14. The largest absolute Gasteiger partial charge is 0.398 e. The number of nitrogens with two attached hydrogens (primary N) is 2. The number of benzene rings is 1. The maximum absolute atomic E-state index is 11.8. The predicted octanol–water partition coefficient (Wildman–Crippen LogP) is 0.762. The van der Waals surface area contributed by atoms with Crippen molar-refractivity contribution in [2.75, 3.05) is 30.7 Å². The first-order valence-electron chi connectivity index (χ1n) is 6.29. The van der Waals surface area contributed by atoms with Crippen LogP contribution in [0.1, 0.15) is 18.4 Å². The number of anilines is 2. The van der Waals surface area contributed by atoms with Crippen LogP contribution >= 0.6 is 0 Å². The summed E-state index contributed by atoms with van der Waals surface area (Å²) < 4.78 is 0. The van der Waals surface area contributed by atoms with Crippen LogP contribution in [0.2, 0.25) is 0 Å². The summed E-state index contributed by atoms with van der Waals surface area (Å²) in [4.78, 5) is 14.0. The third-order valence-electron chi connectivity index (χ3n) is 3.22. The van der Waals surface area contributed by atoms with Crippen LogP contribution in [0.15, 0.2) is 18.2 Å². The Hall–Kier alpha value is -1.59. The van der Waals surface area contributed by atoms with E-state index in [1.165, 1.54) is 12.8 Å². The number of amides is 1. The van der Waals surface area contributed by atoms with E-state index >= 15 is 0 Å². The SMILES string of the molecule is NCc1ccc(NC(=O)CN2CCCC2)cc1N. The minimum atomic E-state index is 0.0109. The van der Waals surface area contributed by atoms with E-state index in [1.54, 1.807) is 6.07 Å². The Balaban J connectivity index is 1.92. The van der Waals surface area contributed by atoms with E-state index in [0.717, 1.165) is 24.3 Å².